The smallest absolute Gasteiger partial charge is 0.0541 e. The minimum absolute atomic E-state index is 0.883. The Bertz CT molecular complexity index is 390. The Morgan fingerprint density at radius 3 is 2.95 bits per heavy atom. The molecule has 3 rings (SSSR count). The first-order valence-corrected chi connectivity index (χ1v) is 8.28. The summed E-state index contributed by atoms with van der Waals surface area (Å²) in [7, 11) is 0. The van der Waals surface area contributed by atoms with Crippen molar-refractivity contribution >= 4 is 0 Å². The zero-order valence-corrected chi connectivity index (χ0v) is 12.4. The highest BCUT2D eigenvalue weighted by Crippen LogP contribution is 2.34. The van der Waals surface area contributed by atoms with Crippen molar-refractivity contribution in [3.05, 3.63) is 30.1 Å². The van der Waals surface area contributed by atoms with Gasteiger partial charge in [0.05, 0.1) is 5.69 Å². The fraction of sp³-hybridized carbons (Fsp3) is 0.706. The summed E-state index contributed by atoms with van der Waals surface area (Å²) in [4.78, 5) is 7.10. The van der Waals surface area contributed by atoms with Crippen LogP contribution in [-0.4, -0.2) is 35.6 Å². The summed E-state index contributed by atoms with van der Waals surface area (Å²) >= 11 is 0. The van der Waals surface area contributed by atoms with Crippen LogP contribution in [-0.2, 0) is 6.54 Å². The van der Waals surface area contributed by atoms with Crippen LogP contribution in [0.5, 0.6) is 0 Å². The number of fused-ring (bicyclic) bond motifs is 1. The van der Waals surface area contributed by atoms with Crippen LogP contribution in [0.3, 0.4) is 0 Å². The Hall–Kier alpha value is -0.930. The van der Waals surface area contributed by atoms with Gasteiger partial charge >= 0.3 is 0 Å². The second-order valence-corrected chi connectivity index (χ2v) is 6.29. The molecule has 0 spiro atoms. The topological polar surface area (TPSA) is 28.2 Å². The fourth-order valence-corrected chi connectivity index (χ4v) is 3.95. The van der Waals surface area contributed by atoms with Crippen LogP contribution in [0.25, 0.3) is 0 Å². The number of rotatable bonds is 5. The van der Waals surface area contributed by atoms with Gasteiger partial charge in [-0.3, -0.25) is 9.88 Å². The van der Waals surface area contributed by atoms with Gasteiger partial charge < -0.3 is 5.32 Å². The van der Waals surface area contributed by atoms with E-state index in [4.69, 9.17) is 0 Å². The molecule has 0 unspecified atom stereocenters. The lowest BCUT2D eigenvalue weighted by Crippen LogP contribution is -2.48. The minimum atomic E-state index is 0.883. The second-order valence-electron chi connectivity index (χ2n) is 6.29. The first-order valence-electron chi connectivity index (χ1n) is 8.28. The Balaban J connectivity index is 1.41. The molecule has 2 atom stereocenters. The zero-order valence-electron chi connectivity index (χ0n) is 12.4. The number of hydrogen-bond acceptors (Lipinski definition) is 3. The maximum absolute atomic E-state index is 4.35. The van der Waals surface area contributed by atoms with Crippen LogP contribution in [0.2, 0.25) is 0 Å². The molecule has 1 aliphatic heterocycles. The van der Waals surface area contributed by atoms with Crippen LogP contribution < -0.4 is 5.32 Å². The molecule has 20 heavy (non-hydrogen) atoms. The lowest BCUT2D eigenvalue weighted by molar-refractivity contribution is 0.0618. The maximum atomic E-state index is 4.35. The van der Waals surface area contributed by atoms with Gasteiger partial charge in [0.2, 0.25) is 0 Å². The molecule has 1 aromatic rings. The lowest BCUT2D eigenvalue weighted by atomic mass is 9.78. The molecule has 0 aromatic carbocycles. The third-order valence-corrected chi connectivity index (χ3v) is 4.97. The maximum Gasteiger partial charge on any atom is 0.0541 e. The number of hydrogen-bond donors (Lipinski definition) is 1. The molecule has 3 heteroatoms. The van der Waals surface area contributed by atoms with E-state index >= 15 is 0 Å². The molecule has 1 aromatic heterocycles. The van der Waals surface area contributed by atoms with E-state index in [0.29, 0.717) is 0 Å². The average Bonchev–Trinajstić information content (AvgIpc) is 2.53. The van der Waals surface area contributed by atoms with Crippen molar-refractivity contribution in [2.45, 2.75) is 51.1 Å². The summed E-state index contributed by atoms with van der Waals surface area (Å²) in [6, 6.07) is 7.00. The van der Waals surface area contributed by atoms with E-state index < -0.39 is 0 Å². The van der Waals surface area contributed by atoms with Crippen molar-refractivity contribution in [3.63, 3.8) is 0 Å². The number of piperidine rings is 1. The first-order chi connectivity index (χ1) is 9.93. The number of pyridine rings is 1. The summed E-state index contributed by atoms with van der Waals surface area (Å²) in [6.45, 7) is 4.49. The van der Waals surface area contributed by atoms with Crippen LogP contribution in [0.4, 0.5) is 0 Å². The van der Waals surface area contributed by atoms with Gasteiger partial charge in [-0.2, -0.15) is 0 Å². The van der Waals surface area contributed by atoms with Crippen molar-refractivity contribution in [1.29, 1.82) is 0 Å². The summed E-state index contributed by atoms with van der Waals surface area (Å²) in [5.41, 5.74) is 1.14. The zero-order chi connectivity index (χ0) is 13.6. The van der Waals surface area contributed by atoms with Gasteiger partial charge in [0.1, 0.15) is 0 Å². The molecule has 1 aliphatic carbocycles. The van der Waals surface area contributed by atoms with E-state index in [1.165, 1.54) is 51.6 Å². The van der Waals surface area contributed by atoms with E-state index in [9.17, 15) is 0 Å². The highest BCUT2D eigenvalue weighted by molar-refractivity contribution is 5.02. The van der Waals surface area contributed by atoms with E-state index in [-0.39, 0.29) is 0 Å². The standard InChI is InChI=1S/C17H27N3/c1-2-9-17-15(6-1)7-5-12-20(17)13-11-18-14-16-8-3-4-10-19-16/h3-4,8,10,15,17-18H,1-2,5-7,9,11-14H2/t15-,17-/m1/s1. The number of nitrogens with one attached hydrogen (secondary N) is 1. The summed E-state index contributed by atoms with van der Waals surface area (Å²) in [5.74, 6) is 0.994. The normalized spacial score (nSPS) is 27.2. The Morgan fingerprint density at radius 2 is 2.05 bits per heavy atom. The SMILES string of the molecule is c1ccc(CNCCN2CCC[C@H]3CCCC[C@H]32)nc1. The molecule has 1 N–H and O–H groups in total. The van der Waals surface area contributed by atoms with Crippen LogP contribution in [0, 0.1) is 5.92 Å². The Labute approximate surface area is 122 Å². The molecule has 2 fully saturated rings. The van der Waals surface area contributed by atoms with E-state index in [1.807, 2.05) is 12.3 Å². The summed E-state index contributed by atoms with van der Waals surface area (Å²) < 4.78 is 0. The second kappa shape index (κ2) is 7.19. The lowest BCUT2D eigenvalue weighted by Gasteiger charge is -2.44. The average molecular weight is 273 g/mol. The van der Waals surface area contributed by atoms with Crippen molar-refractivity contribution in [3.8, 4) is 0 Å². The highest BCUT2D eigenvalue weighted by atomic mass is 15.2. The molecular formula is C17H27N3. The molecule has 0 radical (unpaired) electrons. The van der Waals surface area contributed by atoms with Crippen molar-refractivity contribution in [1.82, 2.24) is 15.2 Å². The molecule has 1 saturated carbocycles. The highest BCUT2D eigenvalue weighted by Gasteiger charge is 2.32. The molecule has 1 saturated heterocycles. The fourth-order valence-electron chi connectivity index (χ4n) is 3.95. The first kappa shape index (κ1) is 14.0. The predicted molar refractivity (Wildman–Crippen MR) is 82.5 cm³/mol. The predicted octanol–water partition coefficient (Wildman–Crippen LogP) is 2.83. The van der Waals surface area contributed by atoms with Crippen LogP contribution in [0.15, 0.2) is 24.4 Å². The summed E-state index contributed by atoms with van der Waals surface area (Å²) in [5, 5.41) is 3.54. The molecule has 0 amide bonds. The number of likely N-dealkylation sites (tertiary alicyclic amines) is 1. The summed E-state index contributed by atoms with van der Waals surface area (Å²) in [6.07, 6.45) is 10.6. The van der Waals surface area contributed by atoms with Gasteiger partial charge in [0.25, 0.3) is 0 Å². The largest absolute Gasteiger partial charge is 0.310 e. The number of aromatic nitrogens is 1. The molecule has 0 bridgehead atoms. The van der Waals surface area contributed by atoms with E-state index in [1.54, 1.807) is 0 Å². The van der Waals surface area contributed by atoms with Gasteiger partial charge in [0, 0.05) is 31.9 Å². The van der Waals surface area contributed by atoms with Crippen LogP contribution >= 0.6 is 0 Å². The van der Waals surface area contributed by atoms with Crippen molar-refractivity contribution in [2.75, 3.05) is 19.6 Å². The quantitative estimate of drug-likeness (QED) is 0.836. The molecular weight excluding hydrogens is 246 g/mol. The monoisotopic (exact) mass is 273 g/mol. The van der Waals surface area contributed by atoms with Crippen molar-refractivity contribution < 1.29 is 0 Å². The molecule has 2 heterocycles. The molecule has 110 valence electrons. The third kappa shape index (κ3) is 3.58. The van der Waals surface area contributed by atoms with Gasteiger partial charge in [-0.05, 0) is 50.3 Å². The van der Waals surface area contributed by atoms with Gasteiger partial charge in [-0.1, -0.05) is 18.9 Å². The van der Waals surface area contributed by atoms with Crippen molar-refractivity contribution in [2.24, 2.45) is 5.92 Å². The van der Waals surface area contributed by atoms with Gasteiger partial charge in [0.15, 0.2) is 0 Å². The Morgan fingerprint density at radius 1 is 1.15 bits per heavy atom. The van der Waals surface area contributed by atoms with Gasteiger partial charge in [-0.15, -0.1) is 0 Å². The van der Waals surface area contributed by atoms with Crippen LogP contribution in [0.1, 0.15) is 44.2 Å². The molecule has 2 aliphatic rings. The molecule has 3 nitrogen and oxygen atoms in total. The minimum Gasteiger partial charge on any atom is -0.310 e. The van der Waals surface area contributed by atoms with E-state index in [0.717, 1.165) is 30.7 Å². The third-order valence-electron chi connectivity index (χ3n) is 4.97. The number of nitrogens with zero attached hydrogens (tertiary/aromatic N) is 2. The Kier molecular flexibility index (Phi) is 5.04. The van der Waals surface area contributed by atoms with E-state index in [2.05, 4.69) is 27.3 Å². The van der Waals surface area contributed by atoms with Gasteiger partial charge in [-0.25, -0.2) is 0 Å².